The molecule has 6 nitrogen and oxygen atoms in total. The first-order valence-electron chi connectivity index (χ1n) is 8.37. The summed E-state index contributed by atoms with van der Waals surface area (Å²) in [5.41, 5.74) is 0.00942. The van der Waals surface area contributed by atoms with Crippen LogP contribution in [0.4, 0.5) is 0 Å². The quantitative estimate of drug-likeness (QED) is 0.755. The second-order valence-electron chi connectivity index (χ2n) is 6.34. The topological polar surface area (TPSA) is 68.8 Å². The highest BCUT2D eigenvalue weighted by Crippen LogP contribution is 2.28. The van der Waals surface area contributed by atoms with Gasteiger partial charge in [-0.2, -0.15) is 0 Å². The lowest BCUT2D eigenvalue weighted by molar-refractivity contribution is -0.128. The number of hydrogen-bond acceptors (Lipinski definition) is 5. The van der Waals surface area contributed by atoms with Crippen molar-refractivity contribution in [1.82, 2.24) is 10.6 Å². The molecule has 1 saturated heterocycles. The van der Waals surface area contributed by atoms with Crippen LogP contribution in [0, 0.1) is 5.41 Å². The molecule has 0 radical (unpaired) electrons. The first-order valence-corrected chi connectivity index (χ1v) is 8.37. The molecule has 1 unspecified atom stereocenters. The van der Waals surface area contributed by atoms with Gasteiger partial charge in [0.05, 0.1) is 13.7 Å². The standard InChI is InChI=1S/C18H28N2O4/c1-14(24-16-6-4-15(23-3)5-7-16)17(21)20-12-18(13-22-2)8-10-19-11-9-18/h4-7,14,19H,8-13H2,1-3H3,(H,20,21). The van der Waals surface area contributed by atoms with E-state index in [2.05, 4.69) is 10.6 Å². The van der Waals surface area contributed by atoms with Gasteiger partial charge in [-0.05, 0) is 57.1 Å². The maximum atomic E-state index is 12.3. The minimum Gasteiger partial charge on any atom is -0.497 e. The van der Waals surface area contributed by atoms with Crippen LogP contribution in [0.3, 0.4) is 0 Å². The molecule has 1 amide bonds. The van der Waals surface area contributed by atoms with Crippen LogP contribution in [0.15, 0.2) is 24.3 Å². The van der Waals surface area contributed by atoms with Crippen molar-refractivity contribution in [3.8, 4) is 11.5 Å². The smallest absolute Gasteiger partial charge is 0.260 e. The fourth-order valence-electron chi connectivity index (χ4n) is 2.97. The number of rotatable bonds is 8. The molecule has 0 saturated carbocycles. The third kappa shape index (κ3) is 5.11. The van der Waals surface area contributed by atoms with Gasteiger partial charge in [-0.1, -0.05) is 0 Å². The van der Waals surface area contributed by atoms with E-state index in [4.69, 9.17) is 14.2 Å². The fourth-order valence-corrected chi connectivity index (χ4v) is 2.97. The SMILES string of the molecule is COCC1(CNC(=O)C(C)Oc2ccc(OC)cc2)CCNCC1. The fraction of sp³-hybridized carbons (Fsp3) is 0.611. The summed E-state index contributed by atoms with van der Waals surface area (Å²) in [6.07, 6.45) is 1.43. The summed E-state index contributed by atoms with van der Waals surface area (Å²) in [4.78, 5) is 12.3. The van der Waals surface area contributed by atoms with E-state index in [1.165, 1.54) is 0 Å². The third-order valence-electron chi connectivity index (χ3n) is 4.49. The van der Waals surface area contributed by atoms with Gasteiger partial charge in [0.1, 0.15) is 11.5 Å². The Morgan fingerprint density at radius 2 is 1.83 bits per heavy atom. The van der Waals surface area contributed by atoms with Gasteiger partial charge >= 0.3 is 0 Å². The second-order valence-corrected chi connectivity index (χ2v) is 6.34. The lowest BCUT2D eigenvalue weighted by Gasteiger charge is -2.37. The monoisotopic (exact) mass is 336 g/mol. The minimum atomic E-state index is -0.556. The predicted molar refractivity (Wildman–Crippen MR) is 92.5 cm³/mol. The van der Waals surface area contributed by atoms with Gasteiger partial charge in [-0.25, -0.2) is 0 Å². The van der Waals surface area contributed by atoms with Crippen LogP contribution < -0.4 is 20.1 Å². The minimum absolute atomic E-state index is 0.00942. The van der Waals surface area contributed by atoms with Crippen molar-refractivity contribution in [1.29, 1.82) is 0 Å². The molecule has 1 fully saturated rings. The Morgan fingerprint density at radius 3 is 2.42 bits per heavy atom. The van der Waals surface area contributed by atoms with Crippen LogP contribution in [0.25, 0.3) is 0 Å². The van der Waals surface area contributed by atoms with Crippen molar-refractivity contribution in [2.75, 3.05) is 40.5 Å². The Bertz CT molecular complexity index is 507. The molecule has 2 rings (SSSR count). The van der Waals surface area contributed by atoms with E-state index < -0.39 is 6.10 Å². The number of carbonyl (C=O) groups is 1. The van der Waals surface area contributed by atoms with Crippen LogP contribution >= 0.6 is 0 Å². The average Bonchev–Trinajstić information content (AvgIpc) is 2.61. The summed E-state index contributed by atoms with van der Waals surface area (Å²) in [5, 5.41) is 6.37. The number of ether oxygens (including phenoxy) is 3. The average molecular weight is 336 g/mol. The van der Waals surface area contributed by atoms with Gasteiger partial charge in [0.2, 0.25) is 0 Å². The zero-order chi connectivity index (χ0) is 17.4. The van der Waals surface area contributed by atoms with Gasteiger partial charge in [0.25, 0.3) is 5.91 Å². The molecule has 0 aliphatic carbocycles. The van der Waals surface area contributed by atoms with Crippen LogP contribution in [-0.2, 0) is 9.53 Å². The largest absolute Gasteiger partial charge is 0.497 e. The normalized spacial score (nSPS) is 17.8. The molecule has 0 spiro atoms. The molecule has 1 aromatic rings. The molecule has 1 atom stereocenters. The number of hydrogen-bond donors (Lipinski definition) is 2. The summed E-state index contributed by atoms with van der Waals surface area (Å²) in [6, 6.07) is 7.20. The van der Waals surface area contributed by atoms with Crippen molar-refractivity contribution in [3.05, 3.63) is 24.3 Å². The van der Waals surface area contributed by atoms with Gasteiger partial charge in [0, 0.05) is 19.1 Å². The van der Waals surface area contributed by atoms with E-state index in [1.807, 2.05) is 12.1 Å². The van der Waals surface area contributed by atoms with Crippen molar-refractivity contribution in [2.45, 2.75) is 25.9 Å². The Kier molecular flexibility index (Phi) is 6.87. The Hall–Kier alpha value is -1.79. The van der Waals surface area contributed by atoms with Gasteiger partial charge in [-0.3, -0.25) is 4.79 Å². The number of piperidine rings is 1. The number of benzene rings is 1. The highest BCUT2D eigenvalue weighted by molar-refractivity contribution is 5.80. The zero-order valence-corrected chi connectivity index (χ0v) is 14.8. The number of carbonyl (C=O) groups excluding carboxylic acids is 1. The van der Waals surface area contributed by atoms with E-state index in [0.717, 1.165) is 31.7 Å². The highest BCUT2D eigenvalue weighted by Gasteiger charge is 2.33. The molecule has 24 heavy (non-hydrogen) atoms. The third-order valence-corrected chi connectivity index (χ3v) is 4.49. The molecule has 2 N–H and O–H groups in total. The van der Waals surface area contributed by atoms with E-state index in [-0.39, 0.29) is 11.3 Å². The Balaban J connectivity index is 1.85. The molecule has 6 heteroatoms. The van der Waals surface area contributed by atoms with E-state index >= 15 is 0 Å². The Labute approximate surface area is 143 Å². The summed E-state index contributed by atoms with van der Waals surface area (Å²) < 4.78 is 16.2. The lowest BCUT2D eigenvalue weighted by atomic mass is 9.79. The lowest BCUT2D eigenvalue weighted by Crippen LogP contribution is -2.49. The van der Waals surface area contributed by atoms with Crippen molar-refractivity contribution < 1.29 is 19.0 Å². The Morgan fingerprint density at radius 1 is 1.21 bits per heavy atom. The number of nitrogens with one attached hydrogen (secondary N) is 2. The second kappa shape index (κ2) is 8.89. The van der Waals surface area contributed by atoms with E-state index in [1.54, 1.807) is 33.3 Å². The van der Waals surface area contributed by atoms with Gasteiger partial charge in [-0.15, -0.1) is 0 Å². The molecule has 1 heterocycles. The van der Waals surface area contributed by atoms with E-state index in [9.17, 15) is 4.79 Å². The van der Waals surface area contributed by atoms with Crippen molar-refractivity contribution in [3.63, 3.8) is 0 Å². The van der Waals surface area contributed by atoms with E-state index in [0.29, 0.717) is 18.9 Å². The van der Waals surface area contributed by atoms with Gasteiger partial charge in [0.15, 0.2) is 6.10 Å². The molecule has 134 valence electrons. The first kappa shape index (κ1) is 18.5. The van der Waals surface area contributed by atoms with Crippen molar-refractivity contribution in [2.24, 2.45) is 5.41 Å². The zero-order valence-electron chi connectivity index (χ0n) is 14.8. The van der Waals surface area contributed by atoms with Crippen molar-refractivity contribution >= 4 is 5.91 Å². The molecule has 1 aliphatic heterocycles. The summed E-state index contributed by atoms with van der Waals surface area (Å²) in [7, 11) is 3.32. The summed E-state index contributed by atoms with van der Waals surface area (Å²) in [6.45, 7) is 4.93. The molecule has 1 aromatic carbocycles. The molecular formula is C18H28N2O4. The number of amides is 1. The molecular weight excluding hydrogens is 308 g/mol. The molecule has 0 aromatic heterocycles. The van der Waals surface area contributed by atoms with Crippen LogP contribution in [0.2, 0.25) is 0 Å². The maximum absolute atomic E-state index is 12.3. The first-order chi connectivity index (χ1) is 11.6. The van der Waals surface area contributed by atoms with Crippen LogP contribution in [0.5, 0.6) is 11.5 Å². The van der Waals surface area contributed by atoms with Gasteiger partial charge < -0.3 is 24.8 Å². The van der Waals surface area contributed by atoms with Crippen LogP contribution in [0.1, 0.15) is 19.8 Å². The maximum Gasteiger partial charge on any atom is 0.260 e. The summed E-state index contributed by atoms with van der Waals surface area (Å²) >= 11 is 0. The summed E-state index contributed by atoms with van der Waals surface area (Å²) in [5.74, 6) is 1.29. The number of methoxy groups -OCH3 is 2. The molecule has 1 aliphatic rings. The molecule has 0 bridgehead atoms. The predicted octanol–water partition coefficient (Wildman–Crippen LogP) is 1.59. The highest BCUT2D eigenvalue weighted by atomic mass is 16.5. The van der Waals surface area contributed by atoms with Crippen LogP contribution in [-0.4, -0.2) is 52.5 Å².